The number of hydrogen-bond donors (Lipinski definition) is 2. The summed E-state index contributed by atoms with van der Waals surface area (Å²) < 4.78 is 0.859. The number of rotatable bonds is 4. The number of amides is 1. The Morgan fingerprint density at radius 3 is 2.95 bits per heavy atom. The Labute approximate surface area is 128 Å². The fourth-order valence-electron chi connectivity index (χ4n) is 1.59. The molecule has 0 bridgehead atoms. The molecule has 0 saturated carbocycles. The Kier molecular flexibility index (Phi) is 4.97. The molecule has 0 saturated heterocycles. The van der Waals surface area contributed by atoms with Crippen LogP contribution in [0.25, 0.3) is 0 Å². The second-order valence-corrected chi connectivity index (χ2v) is 5.76. The van der Waals surface area contributed by atoms with E-state index in [-0.39, 0.29) is 11.3 Å². The first-order chi connectivity index (χ1) is 9.58. The molecular weight excluding hydrogens is 342 g/mol. The number of nitrogens with zero attached hydrogens (tertiary/aromatic N) is 1. The van der Waals surface area contributed by atoms with Gasteiger partial charge in [0, 0.05) is 16.2 Å². The molecule has 0 fully saturated rings. The normalized spacial score (nSPS) is 10.3. The molecule has 2 aromatic rings. The molecule has 0 unspecified atom stereocenters. The summed E-state index contributed by atoms with van der Waals surface area (Å²) in [7, 11) is 0. The third kappa shape index (κ3) is 3.94. The van der Waals surface area contributed by atoms with E-state index in [0.29, 0.717) is 17.3 Å². The summed E-state index contributed by atoms with van der Waals surface area (Å²) in [5.41, 5.74) is 0.416. The van der Waals surface area contributed by atoms with Gasteiger partial charge in [-0.05, 0) is 24.5 Å². The van der Waals surface area contributed by atoms with Crippen molar-refractivity contribution in [2.45, 2.75) is 5.75 Å². The SMILES string of the molecule is CSCc1nc(C(=O)Nc2cccc(Br)c2)cc(=O)[nH]1. The average molecular weight is 354 g/mol. The lowest BCUT2D eigenvalue weighted by molar-refractivity contribution is 0.102. The first-order valence-corrected chi connectivity index (χ1v) is 7.93. The number of aromatic amines is 1. The van der Waals surface area contributed by atoms with Gasteiger partial charge in [-0.2, -0.15) is 11.8 Å². The second-order valence-electron chi connectivity index (χ2n) is 3.97. The molecular formula is C13H12BrN3O2S. The highest BCUT2D eigenvalue weighted by Gasteiger charge is 2.10. The van der Waals surface area contributed by atoms with Crippen LogP contribution in [0.2, 0.25) is 0 Å². The van der Waals surface area contributed by atoms with Gasteiger partial charge in [0.15, 0.2) is 0 Å². The van der Waals surface area contributed by atoms with Crippen LogP contribution >= 0.6 is 27.7 Å². The van der Waals surface area contributed by atoms with Crippen molar-refractivity contribution in [3.05, 3.63) is 56.7 Å². The third-order valence-electron chi connectivity index (χ3n) is 2.39. The second kappa shape index (κ2) is 6.71. The van der Waals surface area contributed by atoms with E-state index < -0.39 is 5.91 Å². The van der Waals surface area contributed by atoms with Crippen LogP contribution in [-0.4, -0.2) is 22.1 Å². The minimum Gasteiger partial charge on any atom is -0.321 e. The van der Waals surface area contributed by atoms with Crippen molar-refractivity contribution in [1.82, 2.24) is 9.97 Å². The van der Waals surface area contributed by atoms with Crippen LogP contribution in [0.15, 0.2) is 39.6 Å². The number of H-pyrrole nitrogens is 1. The first-order valence-electron chi connectivity index (χ1n) is 5.74. The molecule has 1 heterocycles. The number of halogens is 1. The van der Waals surface area contributed by atoms with Crippen molar-refractivity contribution in [3.63, 3.8) is 0 Å². The Balaban J connectivity index is 2.22. The number of aromatic nitrogens is 2. The summed E-state index contributed by atoms with van der Waals surface area (Å²) in [6.45, 7) is 0. The number of carbonyl (C=O) groups is 1. The first kappa shape index (κ1) is 14.8. The van der Waals surface area contributed by atoms with Crippen molar-refractivity contribution in [3.8, 4) is 0 Å². The molecule has 5 nitrogen and oxygen atoms in total. The summed E-state index contributed by atoms with van der Waals surface area (Å²) >= 11 is 4.85. The molecule has 1 amide bonds. The van der Waals surface area contributed by atoms with Gasteiger partial charge in [0.05, 0.1) is 5.75 Å². The molecule has 1 aromatic heterocycles. The summed E-state index contributed by atoms with van der Waals surface area (Å²) in [5.74, 6) is 0.633. The van der Waals surface area contributed by atoms with Gasteiger partial charge < -0.3 is 10.3 Å². The van der Waals surface area contributed by atoms with E-state index in [1.165, 1.54) is 17.8 Å². The molecule has 7 heteroatoms. The van der Waals surface area contributed by atoms with E-state index in [2.05, 4.69) is 31.2 Å². The highest BCUT2D eigenvalue weighted by atomic mass is 79.9. The summed E-state index contributed by atoms with van der Waals surface area (Å²) in [6.07, 6.45) is 1.90. The average Bonchev–Trinajstić information content (AvgIpc) is 2.38. The fourth-order valence-corrected chi connectivity index (χ4v) is 2.40. The van der Waals surface area contributed by atoms with Crippen LogP contribution in [0, 0.1) is 0 Å². The van der Waals surface area contributed by atoms with E-state index in [4.69, 9.17) is 0 Å². The number of nitrogens with one attached hydrogen (secondary N) is 2. The lowest BCUT2D eigenvalue weighted by Crippen LogP contribution is -2.20. The van der Waals surface area contributed by atoms with E-state index in [1.54, 1.807) is 12.1 Å². The monoisotopic (exact) mass is 353 g/mol. The lowest BCUT2D eigenvalue weighted by Gasteiger charge is -2.06. The van der Waals surface area contributed by atoms with Crippen molar-refractivity contribution >= 4 is 39.3 Å². The zero-order valence-electron chi connectivity index (χ0n) is 10.6. The predicted octanol–water partition coefficient (Wildman–Crippen LogP) is 2.65. The van der Waals surface area contributed by atoms with Gasteiger partial charge in [0.1, 0.15) is 11.5 Å². The Morgan fingerprint density at radius 1 is 1.45 bits per heavy atom. The Morgan fingerprint density at radius 2 is 2.25 bits per heavy atom. The minimum atomic E-state index is -0.406. The number of benzene rings is 1. The van der Waals surface area contributed by atoms with Crippen LogP contribution < -0.4 is 10.9 Å². The van der Waals surface area contributed by atoms with Gasteiger partial charge in [0.2, 0.25) is 0 Å². The highest BCUT2D eigenvalue weighted by molar-refractivity contribution is 9.10. The molecule has 0 atom stereocenters. The van der Waals surface area contributed by atoms with Gasteiger partial charge >= 0.3 is 0 Å². The zero-order valence-corrected chi connectivity index (χ0v) is 13.0. The standard InChI is InChI=1S/C13H12BrN3O2S/c1-20-7-11-16-10(6-12(18)17-11)13(19)15-9-4-2-3-8(14)5-9/h2-6H,7H2,1H3,(H,15,19)(H,16,17,18). The molecule has 20 heavy (non-hydrogen) atoms. The molecule has 104 valence electrons. The van der Waals surface area contributed by atoms with Crippen molar-refractivity contribution in [2.24, 2.45) is 0 Å². The van der Waals surface area contributed by atoms with Crippen molar-refractivity contribution < 1.29 is 4.79 Å². The maximum atomic E-state index is 12.1. The van der Waals surface area contributed by atoms with Crippen LogP contribution in [0.3, 0.4) is 0 Å². The van der Waals surface area contributed by atoms with Crippen LogP contribution in [0.5, 0.6) is 0 Å². The summed E-state index contributed by atoms with van der Waals surface area (Å²) in [4.78, 5) is 30.3. The third-order valence-corrected chi connectivity index (χ3v) is 3.44. The maximum Gasteiger partial charge on any atom is 0.274 e. The van der Waals surface area contributed by atoms with E-state index in [9.17, 15) is 9.59 Å². The van der Waals surface area contributed by atoms with Crippen LogP contribution in [-0.2, 0) is 5.75 Å². The van der Waals surface area contributed by atoms with Gasteiger partial charge in [0.25, 0.3) is 11.5 Å². The minimum absolute atomic E-state index is 0.109. The van der Waals surface area contributed by atoms with Gasteiger partial charge in [-0.25, -0.2) is 4.98 Å². The number of hydrogen-bond acceptors (Lipinski definition) is 4. The summed E-state index contributed by atoms with van der Waals surface area (Å²) in [6, 6.07) is 8.39. The molecule has 2 rings (SSSR count). The van der Waals surface area contributed by atoms with Crippen LogP contribution in [0.1, 0.15) is 16.3 Å². The lowest BCUT2D eigenvalue weighted by atomic mass is 10.3. The van der Waals surface area contributed by atoms with E-state index >= 15 is 0 Å². The molecule has 2 N–H and O–H groups in total. The fraction of sp³-hybridized carbons (Fsp3) is 0.154. The van der Waals surface area contributed by atoms with Crippen molar-refractivity contribution in [2.75, 3.05) is 11.6 Å². The van der Waals surface area contributed by atoms with Gasteiger partial charge in [-0.3, -0.25) is 9.59 Å². The Bertz CT molecular complexity index is 687. The zero-order chi connectivity index (χ0) is 14.5. The Hall–Kier alpha value is -1.60. The van der Waals surface area contributed by atoms with Crippen LogP contribution in [0.4, 0.5) is 5.69 Å². The molecule has 1 aromatic carbocycles. The van der Waals surface area contributed by atoms with Gasteiger partial charge in [-0.1, -0.05) is 22.0 Å². The largest absolute Gasteiger partial charge is 0.321 e. The number of carbonyl (C=O) groups excluding carboxylic acids is 1. The molecule has 0 aliphatic heterocycles. The summed E-state index contributed by atoms with van der Waals surface area (Å²) in [5, 5.41) is 2.70. The van der Waals surface area contributed by atoms with E-state index in [0.717, 1.165) is 4.47 Å². The topological polar surface area (TPSA) is 74.8 Å². The maximum absolute atomic E-state index is 12.1. The molecule has 0 spiro atoms. The highest BCUT2D eigenvalue weighted by Crippen LogP contribution is 2.16. The number of thioether (sulfide) groups is 1. The van der Waals surface area contributed by atoms with E-state index in [1.807, 2.05) is 18.4 Å². The molecule has 0 radical (unpaired) electrons. The predicted molar refractivity (Wildman–Crippen MR) is 84.2 cm³/mol. The number of anilines is 1. The quantitative estimate of drug-likeness (QED) is 0.885. The van der Waals surface area contributed by atoms with Gasteiger partial charge in [-0.15, -0.1) is 0 Å². The molecule has 0 aliphatic carbocycles. The van der Waals surface area contributed by atoms with Crippen molar-refractivity contribution in [1.29, 1.82) is 0 Å². The smallest absolute Gasteiger partial charge is 0.274 e. The molecule has 0 aliphatic rings.